The van der Waals surface area contributed by atoms with E-state index in [0.29, 0.717) is 23.9 Å². The van der Waals surface area contributed by atoms with Crippen LogP contribution in [-0.2, 0) is 13.0 Å². The van der Waals surface area contributed by atoms with E-state index in [2.05, 4.69) is 38.1 Å². The molecule has 2 aromatic carbocycles. The first kappa shape index (κ1) is 19.1. The minimum absolute atomic E-state index is 0.0244. The molecule has 0 fully saturated rings. The van der Waals surface area contributed by atoms with Crippen LogP contribution >= 0.6 is 11.3 Å². The highest BCUT2D eigenvalue weighted by Crippen LogP contribution is 2.32. The summed E-state index contributed by atoms with van der Waals surface area (Å²) in [5.41, 5.74) is 5.90. The fourth-order valence-electron chi connectivity index (χ4n) is 3.54. The topological polar surface area (TPSA) is 58.7 Å². The van der Waals surface area contributed by atoms with Gasteiger partial charge in [0.15, 0.2) is 0 Å². The summed E-state index contributed by atoms with van der Waals surface area (Å²) >= 11 is 1.52. The van der Waals surface area contributed by atoms with Crippen molar-refractivity contribution in [3.8, 4) is 17.2 Å². The molecule has 0 aliphatic rings. The van der Waals surface area contributed by atoms with Crippen molar-refractivity contribution >= 4 is 21.6 Å². The number of thiophene rings is 1. The summed E-state index contributed by atoms with van der Waals surface area (Å²) in [5, 5.41) is 11.9. The maximum atomic E-state index is 13.5. The van der Waals surface area contributed by atoms with Gasteiger partial charge in [0.25, 0.3) is 5.56 Å². The standard InChI is InChI=1S/C24H21N3OS/c1-4-21-26-23-22(20(14-29-23)19-9-8-15(2)16(3)10-19)24(28)27(21)13-18-7-5-6-17(11-18)12-25/h5-11,14H,4,13H2,1-3H3. The normalized spacial score (nSPS) is 11.0. The number of fused-ring (bicyclic) bond motifs is 1. The van der Waals surface area contributed by atoms with Crippen LogP contribution in [0.3, 0.4) is 0 Å². The van der Waals surface area contributed by atoms with Crippen LogP contribution < -0.4 is 5.56 Å². The van der Waals surface area contributed by atoms with Gasteiger partial charge in [-0.25, -0.2) is 4.98 Å². The number of nitrogens with zero attached hydrogens (tertiary/aromatic N) is 3. The van der Waals surface area contributed by atoms with E-state index in [1.54, 1.807) is 10.6 Å². The Labute approximate surface area is 173 Å². The van der Waals surface area contributed by atoms with Crippen molar-refractivity contribution in [2.24, 2.45) is 0 Å². The van der Waals surface area contributed by atoms with Crippen LogP contribution in [0.25, 0.3) is 21.3 Å². The second kappa shape index (κ2) is 7.65. The van der Waals surface area contributed by atoms with Crippen LogP contribution in [0.1, 0.15) is 35.0 Å². The molecule has 0 bridgehead atoms. The van der Waals surface area contributed by atoms with Crippen LogP contribution in [0, 0.1) is 25.2 Å². The average Bonchev–Trinajstić information content (AvgIpc) is 3.16. The molecule has 0 unspecified atom stereocenters. The lowest BCUT2D eigenvalue weighted by Crippen LogP contribution is -2.25. The summed E-state index contributed by atoms with van der Waals surface area (Å²) in [5.74, 6) is 0.762. The summed E-state index contributed by atoms with van der Waals surface area (Å²) in [6.45, 7) is 6.58. The molecule has 0 aliphatic heterocycles. The summed E-state index contributed by atoms with van der Waals surface area (Å²) in [6.07, 6.45) is 0.667. The Bertz CT molecular complexity index is 1320. The van der Waals surface area contributed by atoms with E-state index in [4.69, 9.17) is 4.98 Å². The molecular formula is C24H21N3OS. The van der Waals surface area contributed by atoms with Crippen molar-refractivity contribution in [1.29, 1.82) is 5.26 Å². The second-order valence-corrected chi connectivity index (χ2v) is 8.07. The molecule has 0 N–H and O–H groups in total. The van der Waals surface area contributed by atoms with Gasteiger partial charge in [-0.15, -0.1) is 11.3 Å². The first-order valence-corrected chi connectivity index (χ1v) is 10.5. The molecule has 2 aromatic heterocycles. The van der Waals surface area contributed by atoms with Gasteiger partial charge in [-0.1, -0.05) is 37.3 Å². The summed E-state index contributed by atoms with van der Waals surface area (Å²) in [7, 11) is 0. The van der Waals surface area contributed by atoms with E-state index in [1.807, 2.05) is 30.5 Å². The molecule has 0 atom stereocenters. The Kier molecular flexibility index (Phi) is 5.04. The summed E-state index contributed by atoms with van der Waals surface area (Å²) in [4.78, 5) is 19.1. The zero-order valence-electron chi connectivity index (χ0n) is 16.7. The molecule has 29 heavy (non-hydrogen) atoms. The van der Waals surface area contributed by atoms with Crippen molar-refractivity contribution < 1.29 is 0 Å². The third-order valence-electron chi connectivity index (χ3n) is 5.30. The van der Waals surface area contributed by atoms with Crippen molar-refractivity contribution in [3.63, 3.8) is 0 Å². The van der Waals surface area contributed by atoms with Gasteiger partial charge in [0, 0.05) is 17.4 Å². The van der Waals surface area contributed by atoms with Gasteiger partial charge >= 0.3 is 0 Å². The van der Waals surface area contributed by atoms with Crippen molar-refractivity contribution in [3.05, 3.63) is 86.3 Å². The van der Waals surface area contributed by atoms with E-state index in [1.165, 1.54) is 22.5 Å². The van der Waals surface area contributed by atoms with Gasteiger partial charge in [0.1, 0.15) is 10.7 Å². The van der Waals surface area contributed by atoms with E-state index >= 15 is 0 Å². The lowest BCUT2D eigenvalue weighted by Gasteiger charge is -2.12. The molecule has 144 valence electrons. The Morgan fingerprint density at radius 2 is 1.97 bits per heavy atom. The van der Waals surface area contributed by atoms with Crippen LogP contribution in [0.2, 0.25) is 0 Å². The van der Waals surface area contributed by atoms with E-state index in [-0.39, 0.29) is 5.56 Å². The average molecular weight is 400 g/mol. The SMILES string of the molecule is CCc1nc2scc(-c3ccc(C)c(C)c3)c2c(=O)n1Cc1cccc(C#N)c1. The van der Waals surface area contributed by atoms with E-state index in [9.17, 15) is 10.1 Å². The largest absolute Gasteiger partial charge is 0.292 e. The Balaban J connectivity index is 1.90. The van der Waals surface area contributed by atoms with E-state index in [0.717, 1.165) is 27.3 Å². The quantitative estimate of drug-likeness (QED) is 0.472. The fourth-order valence-corrected chi connectivity index (χ4v) is 4.50. The molecule has 0 saturated carbocycles. The zero-order chi connectivity index (χ0) is 20.5. The Hall–Kier alpha value is -3.23. The van der Waals surface area contributed by atoms with Gasteiger partial charge < -0.3 is 0 Å². The highest BCUT2D eigenvalue weighted by Gasteiger charge is 2.17. The second-order valence-electron chi connectivity index (χ2n) is 7.21. The first-order valence-electron chi connectivity index (χ1n) is 9.59. The monoisotopic (exact) mass is 399 g/mol. The fraction of sp³-hybridized carbons (Fsp3) is 0.208. The molecule has 0 amide bonds. The van der Waals surface area contributed by atoms with Gasteiger partial charge in [-0.2, -0.15) is 5.26 Å². The van der Waals surface area contributed by atoms with Crippen molar-refractivity contribution in [2.45, 2.75) is 33.7 Å². The molecule has 2 heterocycles. The molecular weight excluding hydrogens is 378 g/mol. The minimum Gasteiger partial charge on any atom is -0.292 e. The van der Waals surface area contributed by atoms with Gasteiger partial charge in [0.2, 0.25) is 0 Å². The Morgan fingerprint density at radius 3 is 2.69 bits per heavy atom. The molecule has 5 heteroatoms. The van der Waals surface area contributed by atoms with Gasteiger partial charge in [0.05, 0.1) is 23.6 Å². The minimum atomic E-state index is -0.0244. The molecule has 4 aromatic rings. The number of benzene rings is 2. The number of aromatic nitrogens is 2. The van der Waals surface area contributed by atoms with Crippen molar-refractivity contribution in [1.82, 2.24) is 9.55 Å². The van der Waals surface area contributed by atoms with Crippen molar-refractivity contribution in [2.75, 3.05) is 0 Å². The number of aryl methyl sites for hydroxylation is 3. The molecule has 4 rings (SSSR count). The predicted octanol–water partition coefficient (Wildman–Crippen LogP) is 5.22. The highest BCUT2D eigenvalue weighted by molar-refractivity contribution is 7.17. The number of rotatable bonds is 4. The lowest BCUT2D eigenvalue weighted by atomic mass is 10.0. The third kappa shape index (κ3) is 3.48. The summed E-state index contributed by atoms with van der Waals surface area (Å²) < 4.78 is 1.75. The Morgan fingerprint density at radius 1 is 1.14 bits per heavy atom. The highest BCUT2D eigenvalue weighted by atomic mass is 32.1. The maximum Gasteiger partial charge on any atom is 0.263 e. The lowest BCUT2D eigenvalue weighted by molar-refractivity contribution is 0.687. The number of nitriles is 1. The molecule has 0 spiro atoms. The third-order valence-corrected chi connectivity index (χ3v) is 6.18. The molecule has 4 nitrogen and oxygen atoms in total. The molecule has 0 aliphatic carbocycles. The molecule has 0 radical (unpaired) electrons. The van der Waals surface area contributed by atoms with Crippen LogP contribution in [-0.4, -0.2) is 9.55 Å². The number of hydrogen-bond donors (Lipinski definition) is 0. The van der Waals surface area contributed by atoms with Crippen LogP contribution in [0.5, 0.6) is 0 Å². The van der Waals surface area contributed by atoms with Gasteiger partial charge in [-0.05, 0) is 48.2 Å². The first-order chi connectivity index (χ1) is 14.0. The van der Waals surface area contributed by atoms with Gasteiger partial charge in [-0.3, -0.25) is 9.36 Å². The van der Waals surface area contributed by atoms with Crippen LogP contribution in [0.4, 0.5) is 0 Å². The van der Waals surface area contributed by atoms with E-state index < -0.39 is 0 Å². The molecule has 0 saturated heterocycles. The predicted molar refractivity (Wildman–Crippen MR) is 118 cm³/mol. The zero-order valence-corrected chi connectivity index (χ0v) is 17.5. The smallest absolute Gasteiger partial charge is 0.263 e. The van der Waals surface area contributed by atoms with Crippen LogP contribution in [0.15, 0.2) is 52.6 Å². The summed E-state index contributed by atoms with van der Waals surface area (Å²) in [6, 6.07) is 15.8. The maximum absolute atomic E-state index is 13.5. The number of hydrogen-bond acceptors (Lipinski definition) is 4.